The molecule has 4 N–H and O–H groups in total. The quantitative estimate of drug-likeness (QED) is 0.251. The number of carboxylic acids is 1. The van der Waals surface area contributed by atoms with E-state index >= 15 is 0 Å². The van der Waals surface area contributed by atoms with Crippen LogP contribution in [0.25, 0.3) is 0 Å². The van der Waals surface area contributed by atoms with Crippen LogP contribution in [0, 0.1) is 0 Å². The molecule has 8 nitrogen and oxygen atoms in total. The summed E-state index contributed by atoms with van der Waals surface area (Å²) in [6, 6.07) is 0. The highest BCUT2D eigenvalue weighted by Gasteiger charge is 2.06. The van der Waals surface area contributed by atoms with Gasteiger partial charge >= 0.3 is 5.97 Å². The molecular weight excluding hydrogens is 274 g/mol. The van der Waals surface area contributed by atoms with Crippen molar-refractivity contribution < 1.29 is 24.3 Å². The highest BCUT2D eigenvalue weighted by atomic mass is 32.1. The molecule has 0 aromatic heterocycles. The topological polar surface area (TPSA) is 125 Å². The second kappa shape index (κ2) is 10.2. The highest BCUT2D eigenvalue weighted by Crippen LogP contribution is 1.85. The fraction of sp³-hybridized carbons (Fsp3) is 0.600. The third-order valence-corrected chi connectivity index (χ3v) is 2.21. The van der Waals surface area contributed by atoms with Gasteiger partial charge in [-0.05, 0) is 6.42 Å². The summed E-state index contributed by atoms with van der Waals surface area (Å²) in [6.45, 7) is -0.203. The van der Waals surface area contributed by atoms with Crippen molar-refractivity contribution in [2.45, 2.75) is 12.8 Å². The number of hydrogen-bond acceptors (Lipinski definition) is 5. The van der Waals surface area contributed by atoms with E-state index in [0.29, 0.717) is 6.42 Å². The smallest absolute Gasteiger partial charge is 0.303 e. The molecular formula is C10H17N3O5S. The van der Waals surface area contributed by atoms with Crippen LogP contribution in [0.15, 0.2) is 0 Å². The number of rotatable bonds is 9. The largest absolute Gasteiger partial charge is 0.481 e. The van der Waals surface area contributed by atoms with Crippen molar-refractivity contribution in [1.29, 1.82) is 0 Å². The number of hydrogen-bond donors (Lipinski definition) is 5. The number of carbonyl (C=O) groups excluding carboxylic acids is 3. The number of aliphatic carboxylic acids is 1. The first-order valence-corrected chi connectivity index (χ1v) is 6.21. The second-order valence-corrected chi connectivity index (χ2v) is 3.88. The van der Waals surface area contributed by atoms with Crippen LogP contribution in [-0.4, -0.2) is 54.2 Å². The van der Waals surface area contributed by atoms with Crippen LogP contribution in [0.1, 0.15) is 12.8 Å². The second-order valence-electron chi connectivity index (χ2n) is 3.56. The summed E-state index contributed by atoms with van der Waals surface area (Å²) in [5.74, 6) is -2.23. The molecule has 9 heteroatoms. The molecule has 0 fully saturated rings. The predicted octanol–water partition coefficient (Wildman–Crippen LogP) is -1.87. The lowest BCUT2D eigenvalue weighted by atomic mass is 10.3. The van der Waals surface area contributed by atoms with Crippen molar-refractivity contribution in [1.82, 2.24) is 16.0 Å². The molecule has 0 radical (unpaired) electrons. The van der Waals surface area contributed by atoms with Gasteiger partial charge in [0.15, 0.2) is 0 Å². The Morgan fingerprint density at radius 2 is 1.42 bits per heavy atom. The number of carboxylic acid groups (broad SMARTS) is 1. The zero-order valence-corrected chi connectivity index (χ0v) is 11.2. The van der Waals surface area contributed by atoms with E-state index in [9.17, 15) is 19.2 Å². The number of amides is 3. The van der Waals surface area contributed by atoms with Crippen LogP contribution in [0.3, 0.4) is 0 Å². The standard InChI is InChI=1S/C10H17N3O5S/c14-7(11-3-1-2-10(17)18)4-12-8(15)5-13-9(16)6-19/h19H,1-6H2,(H,11,14)(H,12,15)(H,13,16)(H,17,18). The lowest BCUT2D eigenvalue weighted by Gasteiger charge is -2.07. The molecule has 108 valence electrons. The van der Waals surface area contributed by atoms with Crippen molar-refractivity contribution in [2.24, 2.45) is 0 Å². The number of carbonyl (C=O) groups is 4. The van der Waals surface area contributed by atoms with Gasteiger partial charge < -0.3 is 21.1 Å². The molecule has 0 rings (SSSR count). The fourth-order valence-corrected chi connectivity index (χ4v) is 1.12. The van der Waals surface area contributed by atoms with Gasteiger partial charge in [-0.15, -0.1) is 0 Å². The van der Waals surface area contributed by atoms with Gasteiger partial charge in [-0.1, -0.05) is 0 Å². The molecule has 0 aliphatic rings. The molecule has 0 aliphatic carbocycles. The zero-order chi connectivity index (χ0) is 14.7. The van der Waals surface area contributed by atoms with Gasteiger partial charge in [0.1, 0.15) is 0 Å². The van der Waals surface area contributed by atoms with Crippen LogP contribution >= 0.6 is 12.6 Å². The minimum Gasteiger partial charge on any atom is -0.481 e. The van der Waals surface area contributed by atoms with Crippen LogP contribution < -0.4 is 16.0 Å². The third kappa shape index (κ3) is 11.1. The van der Waals surface area contributed by atoms with Gasteiger partial charge in [-0.2, -0.15) is 12.6 Å². The highest BCUT2D eigenvalue weighted by molar-refractivity contribution is 7.81. The Bertz CT molecular complexity index is 348. The van der Waals surface area contributed by atoms with E-state index in [0.717, 1.165) is 0 Å². The maximum atomic E-state index is 11.2. The van der Waals surface area contributed by atoms with Crippen molar-refractivity contribution >= 4 is 36.3 Å². The lowest BCUT2D eigenvalue weighted by molar-refractivity contribution is -0.137. The van der Waals surface area contributed by atoms with Gasteiger partial charge in [-0.3, -0.25) is 19.2 Å². The average molecular weight is 291 g/mol. The SMILES string of the molecule is O=C(O)CCCNC(=O)CNC(=O)CNC(=O)CS. The number of thiol groups is 1. The van der Waals surface area contributed by atoms with Gasteiger partial charge in [0.05, 0.1) is 18.8 Å². The molecule has 0 saturated heterocycles. The van der Waals surface area contributed by atoms with Crippen molar-refractivity contribution in [2.75, 3.05) is 25.4 Å². The van der Waals surface area contributed by atoms with E-state index in [2.05, 4.69) is 28.6 Å². The summed E-state index contributed by atoms with van der Waals surface area (Å²) in [5, 5.41) is 15.4. The van der Waals surface area contributed by atoms with E-state index in [1.165, 1.54) is 0 Å². The summed E-state index contributed by atoms with van der Waals surface area (Å²) in [6.07, 6.45) is 0.301. The van der Waals surface area contributed by atoms with Crippen LogP contribution in [0.2, 0.25) is 0 Å². The molecule has 0 atom stereocenters. The van der Waals surface area contributed by atoms with E-state index < -0.39 is 17.8 Å². The predicted molar refractivity (Wildman–Crippen MR) is 69.8 cm³/mol. The van der Waals surface area contributed by atoms with Gasteiger partial charge in [0, 0.05) is 13.0 Å². The Kier molecular flexibility index (Phi) is 9.23. The van der Waals surface area contributed by atoms with Crippen molar-refractivity contribution in [3.8, 4) is 0 Å². The molecule has 0 bridgehead atoms. The number of nitrogens with one attached hydrogen (secondary N) is 3. The van der Waals surface area contributed by atoms with Crippen LogP contribution in [0.5, 0.6) is 0 Å². The Morgan fingerprint density at radius 1 is 0.895 bits per heavy atom. The minimum absolute atomic E-state index is 0.0165. The van der Waals surface area contributed by atoms with Gasteiger partial charge in [-0.25, -0.2) is 0 Å². The fourth-order valence-electron chi connectivity index (χ4n) is 1.01. The molecule has 0 heterocycles. The summed E-state index contributed by atoms with van der Waals surface area (Å²) in [7, 11) is 0. The Labute approximate surface area is 115 Å². The molecule has 0 unspecified atom stereocenters. The summed E-state index contributed by atoms with van der Waals surface area (Å²) in [5.41, 5.74) is 0. The molecule has 0 aliphatic heterocycles. The zero-order valence-electron chi connectivity index (χ0n) is 10.3. The van der Waals surface area contributed by atoms with E-state index in [4.69, 9.17) is 5.11 Å². The van der Waals surface area contributed by atoms with Gasteiger partial charge in [0.25, 0.3) is 0 Å². The molecule has 0 spiro atoms. The summed E-state index contributed by atoms with van der Waals surface area (Å²) >= 11 is 3.72. The Morgan fingerprint density at radius 3 is 1.95 bits per heavy atom. The third-order valence-electron chi connectivity index (χ3n) is 1.93. The van der Waals surface area contributed by atoms with Crippen molar-refractivity contribution in [3.05, 3.63) is 0 Å². The Balaban J connectivity index is 3.58. The first-order valence-electron chi connectivity index (χ1n) is 5.58. The van der Waals surface area contributed by atoms with E-state index in [-0.39, 0.29) is 37.7 Å². The maximum absolute atomic E-state index is 11.2. The average Bonchev–Trinajstić information content (AvgIpc) is 2.38. The molecule has 0 aromatic carbocycles. The molecule has 0 aromatic rings. The maximum Gasteiger partial charge on any atom is 0.303 e. The van der Waals surface area contributed by atoms with Gasteiger partial charge in [0.2, 0.25) is 17.7 Å². The first kappa shape index (κ1) is 17.2. The van der Waals surface area contributed by atoms with E-state index in [1.54, 1.807) is 0 Å². The molecule has 0 saturated carbocycles. The lowest BCUT2D eigenvalue weighted by Crippen LogP contribution is -2.42. The minimum atomic E-state index is -0.928. The van der Waals surface area contributed by atoms with Crippen molar-refractivity contribution in [3.63, 3.8) is 0 Å². The van der Waals surface area contributed by atoms with E-state index in [1.807, 2.05) is 0 Å². The first-order chi connectivity index (χ1) is 8.95. The summed E-state index contributed by atoms with van der Waals surface area (Å²) < 4.78 is 0. The monoisotopic (exact) mass is 291 g/mol. The Hall–Kier alpha value is -1.77. The molecule has 19 heavy (non-hydrogen) atoms. The van der Waals surface area contributed by atoms with Crippen LogP contribution in [0.4, 0.5) is 0 Å². The summed E-state index contributed by atoms with van der Waals surface area (Å²) in [4.78, 5) is 43.4. The molecule has 3 amide bonds. The van der Waals surface area contributed by atoms with Crippen LogP contribution in [-0.2, 0) is 19.2 Å². The normalized spacial score (nSPS) is 9.53.